The largest absolute Gasteiger partial charge is 0.302 e. The van der Waals surface area contributed by atoms with Gasteiger partial charge in [-0.1, -0.05) is 57.6 Å². The van der Waals surface area contributed by atoms with Crippen LogP contribution in [0.4, 0.5) is 5.13 Å². The molecule has 156 valence electrons. The van der Waals surface area contributed by atoms with Gasteiger partial charge in [0.15, 0.2) is 10.9 Å². The summed E-state index contributed by atoms with van der Waals surface area (Å²) in [5.41, 5.74) is 1.94. The molecule has 0 bridgehead atoms. The van der Waals surface area contributed by atoms with Gasteiger partial charge in [-0.3, -0.25) is 24.1 Å². The van der Waals surface area contributed by atoms with Crippen molar-refractivity contribution < 1.29 is 19.2 Å². The molecule has 0 spiro atoms. The number of nitrogens with zero attached hydrogens (tertiary/aromatic N) is 2. The highest BCUT2D eigenvalue weighted by atomic mass is 79.9. The zero-order valence-electron chi connectivity index (χ0n) is 16.3. The predicted molar refractivity (Wildman–Crippen MR) is 120 cm³/mol. The number of halogens is 1. The van der Waals surface area contributed by atoms with Crippen LogP contribution < -0.4 is 5.32 Å². The Kier molecular flexibility index (Phi) is 5.79. The fourth-order valence-electron chi connectivity index (χ4n) is 3.27. The van der Waals surface area contributed by atoms with Crippen LogP contribution in [0.25, 0.3) is 11.3 Å². The number of nitrogens with one attached hydrogen (secondary N) is 1. The minimum absolute atomic E-state index is 0.0493. The number of carbonyl (C=O) groups is 4. The Morgan fingerprint density at radius 3 is 2.48 bits per heavy atom. The monoisotopic (exact) mass is 497 g/mol. The van der Waals surface area contributed by atoms with Crippen LogP contribution >= 0.6 is 27.3 Å². The maximum atomic E-state index is 12.5. The average Bonchev–Trinajstić information content (AvgIpc) is 3.27. The first-order valence-electron chi connectivity index (χ1n) is 9.38. The van der Waals surface area contributed by atoms with Gasteiger partial charge in [-0.15, -0.1) is 0 Å². The van der Waals surface area contributed by atoms with Gasteiger partial charge in [0.1, 0.15) is 0 Å². The number of imide groups is 1. The van der Waals surface area contributed by atoms with Crippen molar-refractivity contribution in [3.8, 4) is 11.3 Å². The number of ketones is 1. The summed E-state index contributed by atoms with van der Waals surface area (Å²) >= 11 is 4.39. The average molecular weight is 498 g/mol. The molecule has 2 heterocycles. The Hall–Kier alpha value is -3.17. The number of fused-ring (bicyclic) bond motifs is 1. The number of aromatic nitrogens is 1. The highest BCUT2D eigenvalue weighted by Gasteiger charge is 2.35. The lowest BCUT2D eigenvalue weighted by Crippen LogP contribution is -2.32. The van der Waals surface area contributed by atoms with Crippen LogP contribution in [-0.2, 0) is 4.79 Å². The summed E-state index contributed by atoms with van der Waals surface area (Å²) in [5, 5.41) is 2.96. The Balaban J connectivity index is 1.45. The van der Waals surface area contributed by atoms with E-state index in [0.717, 1.165) is 21.8 Å². The molecular formula is C22H16BrN3O4S. The van der Waals surface area contributed by atoms with E-state index in [1.165, 1.54) is 6.92 Å². The first-order chi connectivity index (χ1) is 14.8. The molecule has 1 aliphatic rings. The van der Waals surface area contributed by atoms with E-state index < -0.39 is 17.7 Å². The van der Waals surface area contributed by atoms with E-state index in [9.17, 15) is 19.2 Å². The molecule has 4 rings (SSSR count). The fraction of sp³-hybridized carbons (Fsp3) is 0.136. The molecule has 0 saturated heterocycles. The highest BCUT2D eigenvalue weighted by Crippen LogP contribution is 2.32. The number of thiazole rings is 1. The van der Waals surface area contributed by atoms with Crippen LogP contribution in [0.3, 0.4) is 0 Å². The number of anilines is 1. The molecule has 0 atom stereocenters. The summed E-state index contributed by atoms with van der Waals surface area (Å²) in [4.78, 5) is 55.4. The molecule has 0 unspecified atom stereocenters. The van der Waals surface area contributed by atoms with Crippen molar-refractivity contribution in [3.05, 3.63) is 69.0 Å². The smallest absolute Gasteiger partial charge is 0.261 e. The summed E-state index contributed by atoms with van der Waals surface area (Å²) in [5.74, 6) is -1.39. The number of hydrogen-bond donors (Lipinski definition) is 1. The van der Waals surface area contributed by atoms with Crippen LogP contribution in [-0.4, -0.2) is 39.9 Å². The molecule has 3 aromatic rings. The molecule has 7 nitrogen and oxygen atoms in total. The summed E-state index contributed by atoms with van der Waals surface area (Å²) < 4.78 is 0.700. The summed E-state index contributed by atoms with van der Waals surface area (Å²) in [6, 6.07) is 14.1. The molecule has 9 heteroatoms. The topological polar surface area (TPSA) is 96.4 Å². The van der Waals surface area contributed by atoms with Gasteiger partial charge in [0, 0.05) is 29.9 Å². The lowest BCUT2D eigenvalue weighted by Gasteiger charge is -2.12. The van der Waals surface area contributed by atoms with E-state index in [2.05, 4.69) is 26.2 Å². The van der Waals surface area contributed by atoms with Crippen LogP contribution in [0, 0.1) is 0 Å². The molecule has 1 N–H and O–H groups in total. The number of rotatable bonds is 6. The van der Waals surface area contributed by atoms with Gasteiger partial charge in [0.05, 0.1) is 21.7 Å². The molecule has 1 aliphatic heterocycles. The quantitative estimate of drug-likeness (QED) is 0.402. The summed E-state index contributed by atoms with van der Waals surface area (Å²) in [7, 11) is 0. The summed E-state index contributed by atoms with van der Waals surface area (Å²) in [6.45, 7) is 1.40. The first kappa shape index (κ1) is 21.1. The SMILES string of the molecule is CC(=O)c1sc(NC(=O)CCN2C(=O)c3ccc(Br)cc3C2=O)nc1-c1ccccc1. The normalized spacial score (nSPS) is 12.8. The third kappa shape index (κ3) is 4.19. The van der Waals surface area contributed by atoms with E-state index in [4.69, 9.17) is 0 Å². The van der Waals surface area contributed by atoms with Crippen molar-refractivity contribution >= 4 is 55.9 Å². The van der Waals surface area contributed by atoms with Gasteiger partial charge in [-0.05, 0) is 18.2 Å². The molecule has 0 saturated carbocycles. The maximum Gasteiger partial charge on any atom is 0.261 e. The van der Waals surface area contributed by atoms with Gasteiger partial charge in [0.25, 0.3) is 11.8 Å². The second kappa shape index (κ2) is 8.52. The van der Waals surface area contributed by atoms with Crippen molar-refractivity contribution in [1.29, 1.82) is 0 Å². The zero-order valence-corrected chi connectivity index (χ0v) is 18.7. The number of carbonyl (C=O) groups excluding carboxylic acids is 4. The van der Waals surface area contributed by atoms with Gasteiger partial charge < -0.3 is 5.32 Å². The van der Waals surface area contributed by atoms with Crippen molar-refractivity contribution in [2.24, 2.45) is 0 Å². The van der Waals surface area contributed by atoms with E-state index in [1.807, 2.05) is 30.3 Å². The number of hydrogen-bond acceptors (Lipinski definition) is 6. The number of Topliss-reactive ketones (excluding diaryl/α,β-unsaturated/α-hetero) is 1. The van der Waals surface area contributed by atoms with E-state index in [1.54, 1.807) is 18.2 Å². The van der Waals surface area contributed by atoms with E-state index in [0.29, 0.717) is 31.3 Å². The number of benzene rings is 2. The van der Waals surface area contributed by atoms with Gasteiger partial charge in [-0.2, -0.15) is 0 Å². The van der Waals surface area contributed by atoms with Gasteiger partial charge >= 0.3 is 0 Å². The highest BCUT2D eigenvalue weighted by molar-refractivity contribution is 9.10. The maximum absolute atomic E-state index is 12.5. The zero-order chi connectivity index (χ0) is 22.1. The molecule has 2 aromatic carbocycles. The molecular weight excluding hydrogens is 482 g/mol. The molecule has 0 aliphatic carbocycles. The predicted octanol–water partition coefficient (Wildman–Crippen LogP) is 4.40. The second-order valence-corrected chi connectivity index (χ2v) is 8.78. The van der Waals surface area contributed by atoms with Crippen molar-refractivity contribution in [2.45, 2.75) is 13.3 Å². The molecule has 0 radical (unpaired) electrons. The Labute approximate surface area is 190 Å². The van der Waals surface area contributed by atoms with Crippen LogP contribution in [0.2, 0.25) is 0 Å². The molecule has 3 amide bonds. The minimum Gasteiger partial charge on any atom is -0.302 e. The van der Waals surface area contributed by atoms with Crippen molar-refractivity contribution in [1.82, 2.24) is 9.88 Å². The lowest BCUT2D eigenvalue weighted by molar-refractivity contribution is -0.116. The third-order valence-corrected chi connectivity index (χ3v) is 6.30. The standard InChI is InChI=1S/C22H16BrN3O4S/c1-12(27)19-18(13-5-3-2-4-6-13)25-22(31-19)24-17(28)9-10-26-20(29)15-8-7-14(23)11-16(15)21(26)30/h2-8,11H,9-10H2,1H3,(H,24,25,28). The van der Waals surface area contributed by atoms with Crippen molar-refractivity contribution in [3.63, 3.8) is 0 Å². The molecule has 1 aromatic heterocycles. The Morgan fingerprint density at radius 1 is 1.06 bits per heavy atom. The van der Waals surface area contributed by atoms with Gasteiger partial charge in [0.2, 0.25) is 5.91 Å². The Morgan fingerprint density at radius 2 is 1.77 bits per heavy atom. The fourth-order valence-corrected chi connectivity index (χ4v) is 4.53. The van der Waals surface area contributed by atoms with Gasteiger partial charge in [-0.25, -0.2) is 4.98 Å². The van der Waals surface area contributed by atoms with Crippen molar-refractivity contribution in [2.75, 3.05) is 11.9 Å². The second-order valence-electron chi connectivity index (χ2n) is 6.87. The molecule has 0 fully saturated rings. The first-order valence-corrected chi connectivity index (χ1v) is 11.0. The third-order valence-electron chi connectivity index (χ3n) is 4.74. The molecule has 31 heavy (non-hydrogen) atoms. The summed E-state index contributed by atoms with van der Waals surface area (Å²) in [6.07, 6.45) is -0.0811. The number of amides is 3. The van der Waals surface area contributed by atoms with Crippen LogP contribution in [0.15, 0.2) is 53.0 Å². The Bertz CT molecular complexity index is 1220. The van der Waals surface area contributed by atoms with Crippen LogP contribution in [0.1, 0.15) is 43.7 Å². The lowest BCUT2D eigenvalue weighted by atomic mass is 10.1. The minimum atomic E-state index is -0.423. The van der Waals surface area contributed by atoms with E-state index >= 15 is 0 Å². The van der Waals surface area contributed by atoms with Crippen LogP contribution in [0.5, 0.6) is 0 Å². The van der Waals surface area contributed by atoms with E-state index in [-0.39, 0.29) is 18.7 Å².